The van der Waals surface area contributed by atoms with Crippen LogP contribution in [0.3, 0.4) is 0 Å². The number of hydrogen-bond acceptors (Lipinski definition) is 2. The van der Waals surface area contributed by atoms with Crippen molar-refractivity contribution in [2.24, 2.45) is 0 Å². The molecule has 0 N–H and O–H groups in total. The summed E-state index contributed by atoms with van der Waals surface area (Å²) in [6.45, 7) is 0. The van der Waals surface area contributed by atoms with Gasteiger partial charge in [0.15, 0.2) is 0 Å². The number of halogens is 2. The maximum Gasteiger partial charge on any atom is 3.00 e. The van der Waals surface area contributed by atoms with Crippen LogP contribution in [0.2, 0.25) is 10.0 Å². The van der Waals surface area contributed by atoms with Gasteiger partial charge in [-0.3, -0.25) is 0 Å². The van der Waals surface area contributed by atoms with Crippen LogP contribution in [0.25, 0.3) is 0 Å². The molecule has 0 radical (unpaired) electrons. The molecule has 84 valence electrons. The fraction of sp³-hybridized carbons (Fsp3) is 0. The molecule has 0 atom stereocenters. The molecular weight excluding hydrogens is 430 g/mol. The Morgan fingerprint density at radius 3 is 2.38 bits per heavy atom. The maximum atomic E-state index is 5.92. The molecule has 5 heteroatoms. The molecule has 0 fully saturated rings. The van der Waals surface area contributed by atoms with Crippen LogP contribution >= 0.6 is 23.2 Å². The van der Waals surface area contributed by atoms with Crippen LogP contribution in [0.4, 0.5) is 0 Å². The third-order valence-corrected chi connectivity index (χ3v) is 2.54. The third-order valence-electron chi connectivity index (χ3n) is 1.77. The minimum Gasteiger partial charge on any atom is -0.437 e. The van der Waals surface area contributed by atoms with Gasteiger partial charge in [0, 0.05) is 6.20 Å². The predicted octanol–water partition coefficient (Wildman–Crippen LogP) is 4.18. The van der Waals surface area contributed by atoms with E-state index in [0.29, 0.717) is 21.7 Å². The summed E-state index contributed by atoms with van der Waals surface area (Å²) in [4.78, 5) is 4.00. The van der Waals surface area contributed by atoms with Gasteiger partial charge in [-0.25, -0.2) is 4.98 Å². The van der Waals surface area contributed by atoms with Crippen molar-refractivity contribution in [1.82, 2.24) is 4.98 Å². The van der Waals surface area contributed by atoms with Crippen molar-refractivity contribution in [3.05, 3.63) is 52.6 Å². The summed E-state index contributed by atoms with van der Waals surface area (Å²) in [6.07, 6.45) is 1.55. The Balaban J connectivity index is 0.00000128. The Morgan fingerprint density at radius 1 is 1.00 bits per heavy atom. The van der Waals surface area contributed by atoms with E-state index < -0.39 is 0 Å². The van der Waals surface area contributed by atoms with E-state index in [2.05, 4.69) is 4.98 Å². The molecule has 0 unspecified atom stereocenters. The molecular formula is C11H7AuCl2NO+3. The van der Waals surface area contributed by atoms with Crippen LogP contribution in [0, 0.1) is 0 Å². The maximum absolute atomic E-state index is 5.92. The molecule has 0 aliphatic carbocycles. The topological polar surface area (TPSA) is 22.1 Å². The number of aromatic nitrogens is 1. The van der Waals surface area contributed by atoms with E-state index in [1.807, 2.05) is 30.3 Å². The van der Waals surface area contributed by atoms with Crippen molar-refractivity contribution in [3.8, 4) is 11.6 Å². The summed E-state index contributed by atoms with van der Waals surface area (Å²) in [5.41, 5.74) is 0. The van der Waals surface area contributed by atoms with Gasteiger partial charge in [-0.05, 0) is 18.2 Å². The molecule has 2 nitrogen and oxygen atoms in total. The van der Waals surface area contributed by atoms with Crippen molar-refractivity contribution in [3.63, 3.8) is 0 Å². The van der Waals surface area contributed by atoms with E-state index in [4.69, 9.17) is 27.9 Å². The van der Waals surface area contributed by atoms with E-state index in [0.717, 1.165) is 0 Å². The van der Waals surface area contributed by atoms with Gasteiger partial charge in [0.2, 0.25) is 5.88 Å². The molecule has 0 amide bonds. The van der Waals surface area contributed by atoms with Gasteiger partial charge in [0.1, 0.15) is 10.8 Å². The van der Waals surface area contributed by atoms with Gasteiger partial charge < -0.3 is 4.74 Å². The minimum atomic E-state index is 0. The first-order valence-corrected chi connectivity index (χ1v) is 5.06. The summed E-state index contributed by atoms with van der Waals surface area (Å²) in [7, 11) is 0. The molecule has 0 bridgehead atoms. The van der Waals surface area contributed by atoms with Crippen LogP contribution in [0.1, 0.15) is 0 Å². The Hall–Kier alpha value is -0.510. The van der Waals surface area contributed by atoms with E-state index in [-0.39, 0.29) is 22.4 Å². The number of hydrogen-bond donors (Lipinski definition) is 0. The monoisotopic (exact) mass is 436 g/mol. The fourth-order valence-corrected chi connectivity index (χ4v) is 1.36. The van der Waals surface area contributed by atoms with E-state index in [9.17, 15) is 0 Å². The largest absolute Gasteiger partial charge is 3.00 e. The first-order chi connectivity index (χ1) is 7.27. The molecule has 0 saturated carbocycles. The minimum absolute atomic E-state index is 0. The van der Waals surface area contributed by atoms with Gasteiger partial charge in [-0.2, -0.15) is 0 Å². The van der Waals surface area contributed by atoms with Crippen molar-refractivity contribution in [2.75, 3.05) is 0 Å². The average Bonchev–Trinajstić information content (AvgIpc) is 2.26. The van der Waals surface area contributed by atoms with Crippen molar-refractivity contribution >= 4 is 23.2 Å². The van der Waals surface area contributed by atoms with Gasteiger partial charge in [0.25, 0.3) is 0 Å². The Labute approximate surface area is 119 Å². The SMILES string of the molecule is Clc1ccnc(Oc2ccccc2)c1Cl.[Au+3]. The van der Waals surface area contributed by atoms with Crippen LogP contribution in [0.15, 0.2) is 42.6 Å². The van der Waals surface area contributed by atoms with Crippen molar-refractivity contribution < 1.29 is 27.1 Å². The summed E-state index contributed by atoms with van der Waals surface area (Å²) in [5.74, 6) is 0.990. The first-order valence-electron chi connectivity index (χ1n) is 4.30. The zero-order valence-corrected chi connectivity index (χ0v) is 11.6. The molecule has 0 aliphatic heterocycles. The van der Waals surface area contributed by atoms with Crippen molar-refractivity contribution in [2.45, 2.75) is 0 Å². The molecule has 1 heterocycles. The Bertz CT molecular complexity index is 465. The summed E-state index contributed by atoms with van der Waals surface area (Å²) < 4.78 is 5.46. The molecule has 0 saturated heterocycles. The van der Waals surface area contributed by atoms with Crippen LogP contribution in [0.5, 0.6) is 11.6 Å². The summed E-state index contributed by atoms with van der Waals surface area (Å²) >= 11 is 11.8. The molecule has 16 heavy (non-hydrogen) atoms. The van der Waals surface area contributed by atoms with E-state index in [1.54, 1.807) is 12.3 Å². The van der Waals surface area contributed by atoms with Crippen LogP contribution in [-0.4, -0.2) is 4.98 Å². The number of nitrogens with zero attached hydrogens (tertiary/aromatic N) is 1. The van der Waals surface area contributed by atoms with Crippen molar-refractivity contribution in [1.29, 1.82) is 0 Å². The van der Waals surface area contributed by atoms with Crippen LogP contribution < -0.4 is 4.74 Å². The second kappa shape index (κ2) is 6.28. The normalized spacial score (nSPS) is 9.38. The first kappa shape index (κ1) is 13.6. The predicted molar refractivity (Wildman–Crippen MR) is 60.8 cm³/mol. The second-order valence-electron chi connectivity index (χ2n) is 2.83. The van der Waals surface area contributed by atoms with Gasteiger partial charge in [0.05, 0.1) is 5.02 Å². The number of pyridine rings is 1. The second-order valence-corrected chi connectivity index (χ2v) is 3.61. The molecule has 1 aromatic heterocycles. The zero-order chi connectivity index (χ0) is 10.7. The number of benzene rings is 1. The number of para-hydroxylation sites is 1. The van der Waals surface area contributed by atoms with E-state index in [1.165, 1.54) is 0 Å². The van der Waals surface area contributed by atoms with Gasteiger partial charge >= 0.3 is 22.4 Å². The smallest absolute Gasteiger partial charge is 0.437 e. The van der Waals surface area contributed by atoms with Crippen LogP contribution in [-0.2, 0) is 22.4 Å². The quantitative estimate of drug-likeness (QED) is 0.659. The summed E-state index contributed by atoms with van der Waals surface area (Å²) in [6, 6.07) is 10.9. The Morgan fingerprint density at radius 2 is 1.69 bits per heavy atom. The number of ether oxygens (including phenoxy) is 1. The molecule has 1 aromatic carbocycles. The summed E-state index contributed by atoms with van der Waals surface area (Å²) in [5, 5.41) is 0.751. The number of rotatable bonds is 2. The fourth-order valence-electron chi connectivity index (χ4n) is 1.07. The zero-order valence-electron chi connectivity index (χ0n) is 7.95. The van der Waals surface area contributed by atoms with Gasteiger partial charge in [-0.1, -0.05) is 41.4 Å². The molecule has 2 aromatic rings. The standard InChI is InChI=1S/C11H7Cl2NO.Au/c12-9-6-7-14-11(10(9)13)15-8-4-2-1-3-5-8;/h1-7H;/q;+3. The average molecular weight is 437 g/mol. The Kier molecular flexibility index (Phi) is 5.32. The van der Waals surface area contributed by atoms with Gasteiger partial charge in [-0.15, -0.1) is 0 Å². The molecule has 0 aliphatic rings. The molecule has 0 spiro atoms. The molecule has 2 rings (SSSR count). The van der Waals surface area contributed by atoms with E-state index >= 15 is 0 Å². The third kappa shape index (κ3) is 3.24.